The zero-order valence-electron chi connectivity index (χ0n) is 15.5. The third kappa shape index (κ3) is 16.2. The summed E-state index contributed by atoms with van der Waals surface area (Å²) in [5.74, 6) is 0. The van der Waals surface area contributed by atoms with Gasteiger partial charge < -0.3 is 4.48 Å². The molecule has 1 nitrogen and oxygen atoms in total. The van der Waals surface area contributed by atoms with Gasteiger partial charge in [0.25, 0.3) is 0 Å². The van der Waals surface area contributed by atoms with E-state index in [0.717, 1.165) is 6.42 Å². The van der Waals surface area contributed by atoms with Gasteiger partial charge >= 0.3 is 0 Å². The molecular formula is C20H43N+. The van der Waals surface area contributed by atoms with Crippen LogP contribution >= 0.6 is 0 Å². The minimum Gasteiger partial charge on any atom is -0.328 e. The van der Waals surface area contributed by atoms with Gasteiger partial charge in [-0.25, -0.2) is 0 Å². The fourth-order valence-electron chi connectivity index (χ4n) is 3.03. The number of nitrogens with zero attached hydrogens (tertiary/aromatic N) is 1. The molecule has 0 aliphatic rings. The number of unbranched alkanes of at least 4 members (excludes halogenated alkanes) is 12. The van der Waals surface area contributed by atoms with Crippen molar-refractivity contribution in [2.75, 3.05) is 27.2 Å². The monoisotopic (exact) mass is 297 g/mol. The van der Waals surface area contributed by atoms with Crippen molar-refractivity contribution in [1.29, 1.82) is 0 Å². The number of quaternary nitrogens is 1. The third-order valence-electron chi connectivity index (χ3n) is 4.63. The summed E-state index contributed by atoms with van der Waals surface area (Å²) in [4.78, 5) is 0. The van der Waals surface area contributed by atoms with E-state index in [1.807, 2.05) is 0 Å². The first-order valence-corrected chi connectivity index (χ1v) is 9.73. The highest BCUT2D eigenvalue weighted by atomic mass is 15.3. The molecule has 0 aliphatic carbocycles. The Hall–Kier alpha value is -0.0400. The Balaban J connectivity index is 3.28. The van der Waals surface area contributed by atoms with E-state index in [4.69, 9.17) is 0 Å². The smallest absolute Gasteiger partial charge is 0.0782 e. The summed E-state index contributed by atoms with van der Waals surface area (Å²) in [6.45, 7) is 8.92. The molecule has 127 valence electrons. The molecule has 0 aromatic carbocycles. The van der Waals surface area contributed by atoms with Crippen molar-refractivity contribution in [2.45, 2.75) is 96.8 Å². The fraction of sp³-hybridized carbons (Fsp3) is 0.950. The lowest BCUT2D eigenvalue weighted by Gasteiger charge is -2.30. The van der Waals surface area contributed by atoms with Crippen molar-refractivity contribution in [2.24, 2.45) is 0 Å². The van der Waals surface area contributed by atoms with Gasteiger partial charge in [0.1, 0.15) is 0 Å². The van der Waals surface area contributed by atoms with Crippen LogP contribution < -0.4 is 0 Å². The number of hydrogen-bond acceptors (Lipinski definition) is 0. The molecule has 21 heavy (non-hydrogen) atoms. The molecular weight excluding hydrogens is 254 g/mol. The highest BCUT2D eigenvalue weighted by Crippen LogP contribution is 2.12. The minimum absolute atomic E-state index is 1.10. The first kappa shape index (κ1) is 21.0. The Bertz CT molecular complexity index is 198. The standard InChI is InChI=1S/C20H43N/c1-5-7-9-11-12-13-14-15-16-18-20-21(3,4)19-17-10-8-6-2/h2,5-20H2,1,3-4H3/q+1. The molecule has 0 saturated carbocycles. The highest BCUT2D eigenvalue weighted by molar-refractivity contribution is 4.48. The Kier molecular flexibility index (Phi) is 14.9. The van der Waals surface area contributed by atoms with E-state index < -0.39 is 0 Å². The SMILES string of the molecule is [CH2]CCCCC[N+](C)(C)CCCCCCCCCCCC. The molecule has 1 heteroatoms. The van der Waals surface area contributed by atoms with Crippen LogP contribution in [0.3, 0.4) is 0 Å². The second-order valence-electron chi connectivity index (χ2n) is 7.48. The predicted octanol–water partition coefficient (Wildman–Crippen LogP) is 6.38. The average Bonchev–Trinajstić information content (AvgIpc) is 2.45. The van der Waals surface area contributed by atoms with Crippen LogP contribution in [-0.2, 0) is 0 Å². The molecule has 0 amide bonds. The van der Waals surface area contributed by atoms with E-state index in [-0.39, 0.29) is 0 Å². The van der Waals surface area contributed by atoms with Crippen molar-refractivity contribution in [3.05, 3.63) is 6.92 Å². The van der Waals surface area contributed by atoms with Gasteiger partial charge in [0.15, 0.2) is 0 Å². The predicted molar refractivity (Wildman–Crippen MR) is 97.5 cm³/mol. The Morgan fingerprint density at radius 3 is 1.38 bits per heavy atom. The van der Waals surface area contributed by atoms with Gasteiger partial charge in [-0.2, -0.15) is 0 Å². The fourth-order valence-corrected chi connectivity index (χ4v) is 3.03. The first-order chi connectivity index (χ1) is 10.1. The van der Waals surface area contributed by atoms with Crippen molar-refractivity contribution in [3.8, 4) is 0 Å². The van der Waals surface area contributed by atoms with Gasteiger partial charge in [0, 0.05) is 0 Å². The van der Waals surface area contributed by atoms with Crippen LogP contribution in [0, 0.1) is 6.92 Å². The minimum atomic E-state index is 1.10. The topological polar surface area (TPSA) is 0 Å². The van der Waals surface area contributed by atoms with Crippen LogP contribution in [0.1, 0.15) is 96.8 Å². The number of rotatable bonds is 16. The van der Waals surface area contributed by atoms with Gasteiger partial charge in [-0.15, -0.1) is 0 Å². The molecule has 0 aromatic rings. The summed E-state index contributed by atoms with van der Waals surface area (Å²) >= 11 is 0. The van der Waals surface area contributed by atoms with Crippen molar-refractivity contribution in [3.63, 3.8) is 0 Å². The Morgan fingerprint density at radius 1 is 0.571 bits per heavy atom. The quantitative estimate of drug-likeness (QED) is 0.229. The Labute approximate surface area is 136 Å². The van der Waals surface area contributed by atoms with E-state index in [0.29, 0.717) is 0 Å². The van der Waals surface area contributed by atoms with Gasteiger partial charge in [-0.1, -0.05) is 78.1 Å². The normalized spacial score (nSPS) is 12.0. The molecule has 1 radical (unpaired) electrons. The summed E-state index contributed by atoms with van der Waals surface area (Å²) in [7, 11) is 4.80. The van der Waals surface area contributed by atoms with Gasteiger partial charge in [-0.05, 0) is 25.7 Å². The van der Waals surface area contributed by atoms with E-state index in [1.54, 1.807) is 0 Å². The first-order valence-electron chi connectivity index (χ1n) is 9.73. The third-order valence-corrected chi connectivity index (χ3v) is 4.63. The second kappa shape index (κ2) is 14.9. The summed E-state index contributed by atoms with van der Waals surface area (Å²) in [6, 6.07) is 0. The van der Waals surface area contributed by atoms with Crippen LogP contribution in [0.4, 0.5) is 0 Å². The lowest BCUT2D eigenvalue weighted by Crippen LogP contribution is -2.41. The van der Waals surface area contributed by atoms with E-state index in [2.05, 4.69) is 27.9 Å². The highest BCUT2D eigenvalue weighted by Gasteiger charge is 2.13. The molecule has 0 heterocycles. The van der Waals surface area contributed by atoms with Gasteiger partial charge in [-0.3, -0.25) is 0 Å². The number of hydrogen-bond donors (Lipinski definition) is 0. The lowest BCUT2D eigenvalue weighted by atomic mass is 10.1. The van der Waals surface area contributed by atoms with Crippen molar-refractivity contribution < 1.29 is 4.48 Å². The van der Waals surface area contributed by atoms with E-state index in [1.165, 1.54) is 101 Å². The zero-order valence-corrected chi connectivity index (χ0v) is 15.5. The molecule has 0 saturated heterocycles. The molecule has 0 N–H and O–H groups in total. The molecule has 0 fully saturated rings. The summed E-state index contributed by atoms with van der Waals surface area (Å²) < 4.78 is 1.22. The van der Waals surface area contributed by atoms with Gasteiger partial charge in [0.2, 0.25) is 0 Å². The van der Waals surface area contributed by atoms with E-state index >= 15 is 0 Å². The molecule has 0 bridgehead atoms. The molecule has 0 aromatic heterocycles. The van der Waals surface area contributed by atoms with Crippen LogP contribution in [0.15, 0.2) is 0 Å². The molecule has 0 rings (SSSR count). The van der Waals surface area contributed by atoms with Crippen LogP contribution in [-0.4, -0.2) is 31.7 Å². The summed E-state index contributed by atoms with van der Waals surface area (Å²) in [6.07, 6.45) is 19.6. The largest absolute Gasteiger partial charge is 0.328 e. The molecule has 0 unspecified atom stereocenters. The van der Waals surface area contributed by atoms with Gasteiger partial charge in [0.05, 0.1) is 27.2 Å². The van der Waals surface area contributed by atoms with Crippen LogP contribution in [0.2, 0.25) is 0 Å². The van der Waals surface area contributed by atoms with E-state index in [9.17, 15) is 0 Å². The van der Waals surface area contributed by atoms with Crippen LogP contribution in [0.5, 0.6) is 0 Å². The van der Waals surface area contributed by atoms with Crippen molar-refractivity contribution in [1.82, 2.24) is 0 Å². The summed E-state index contributed by atoms with van der Waals surface area (Å²) in [5, 5.41) is 0. The summed E-state index contributed by atoms with van der Waals surface area (Å²) in [5.41, 5.74) is 0. The molecule has 0 aliphatic heterocycles. The average molecular weight is 298 g/mol. The maximum atomic E-state index is 3.92. The van der Waals surface area contributed by atoms with Crippen LogP contribution in [0.25, 0.3) is 0 Å². The molecule has 0 spiro atoms. The lowest BCUT2D eigenvalue weighted by molar-refractivity contribution is -0.890. The second-order valence-corrected chi connectivity index (χ2v) is 7.48. The zero-order chi connectivity index (χ0) is 15.8. The maximum Gasteiger partial charge on any atom is 0.0782 e. The van der Waals surface area contributed by atoms with Crippen molar-refractivity contribution >= 4 is 0 Å². The maximum absolute atomic E-state index is 3.92. The molecule has 0 atom stereocenters. The Morgan fingerprint density at radius 2 is 0.952 bits per heavy atom.